The maximum atomic E-state index is 4.68. The van der Waals surface area contributed by atoms with Gasteiger partial charge in [0.15, 0.2) is 0 Å². The zero-order valence-electron chi connectivity index (χ0n) is 13.7. The number of aryl methyl sites for hydroxylation is 2. The number of halogens is 1. The van der Waals surface area contributed by atoms with Crippen molar-refractivity contribution in [3.05, 3.63) is 15.9 Å². The molecule has 1 unspecified atom stereocenters. The maximum absolute atomic E-state index is 4.68. The highest BCUT2D eigenvalue weighted by atomic mass is 79.9. The third kappa shape index (κ3) is 4.59. The number of hydrogen-bond donors (Lipinski definition) is 1. The van der Waals surface area contributed by atoms with Crippen LogP contribution in [0, 0.1) is 5.92 Å². The monoisotopic (exact) mass is 343 g/mol. The second kappa shape index (κ2) is 8.83. The van der Waals surface area contributed by atoms with Gasteiger partial charge >= 0.3 is 0 Å². The molecule has 4 heteroatoms. The summed E-state index contributed by atoms with van der Waals surface area (Å²) in [6.45, 7) is 13.2. The summed E-state index contributed by atoms with van der Waals surface area (Å²) in [6.07, 6.45) is 4.44. The van der Waals surface area contributed by atoms with Gasteiger partial charge in [-0.25, -0.2) is 0 Å². The zero-order chi connectivity index (χ0) is 15.1. The summed E-state index contributed by atoms with van der Waals surface area (Å²) in [5.74, 6) is 0.670. The van der Waals surface area contributed by atoms with Gasteiger partial charge in [0.25, 0.3) is 0 Å². The second-order valence-electron chi connectivity index (χ2n) is 5.72. The Morgan fingerprint density at radius 3 is 2.45 bits per heavy atom. The second-order valence-corrected chi connectivity index (χ2v) is 6.51. The summed E-state index contributed by atoms with van der Waals surface area (Å²) < 4.78 is 3.37. The van der Waals surface area contributed by atoms with Gasteiger partial charge in [-0.05, 0) is 61.0 Å². The highest BCUT2D eigenvalue weighted by molar-refractivity contribution is 9.10. The Morgan fingerprint density at radius 1 is 1.25 bits per heavy atom. The Kier molecular flexibility index (Phi) is 7.82. The van der Waals surface area contributed by atoms with Gasteiger partial charge in [0.2, 0.25) is 0 Å². The van der Waals surface area contributed by atoms with E-state index in [-0.39, 0.29) is 0 Å². The summed E-state index contributed by atoms with van der Waals surface area (Å²) in [7, 11) is 0. The van der Waals surface area contributed by atoms with Crippen LogP contribution < -0.4 is 5.32 Å². The van der Waals surface area contributed by atoms with Gasteiger partial charge in [-0.3, -0.25) is 4.68 Å². The minimum absolute atomic E-state index is 0.590. The average molecular weight is 344 g/mol. The predicted molar refractivity (Wildman–Crippen MR) is 90.2 cm³/mol. The van der Waals surface area contributed by atoms with Crippen molar-refractivity contribution in [2.75, 3.05) is 6.54 Å². The first-order chi connectivity index (χ1) is 9.54. The van der Waals surface area contributed by atoms with Crippen molar-refractivity contribution in [2.45, 2.75) is 72.9 Å². The molecule has 0 aromatic carbocycles. The molecule has 116 valence electrons. The molecule has 0 saturated carbocycles. The van der Waals surface area contributed by atoms with E-state index in [2.05, 4.69) is 65.6 Å². The molecule has 3 nitrogen and oxygen atoms in total. The highest BCUT2D eigenvalue weighted by Gasteiger charge is 2.17. The number of aromatic nitrogens is 2. The molecule has 1 aromatic rings. The Balaban J connectivity index is 2.74. The van der Waals surface area contributed by atoms with E-state index in [4.69, 9.17) is 0 Å². The molecule has 1 aromatic heterocycles. The fourth-order valence-corrected chi connectivity index (χ4v) is 3.31. The summed E-state index contributed by atoms with van der Waals surface area (Å²) in [5.41, 5.74) is 2.54. The molecule has 20 heavy (non-hydrogen) atoms. The number of nitrogens with one attached hydrogen (secondary N) is 1. The number of rotatable bonds is 9. The highest BCUT2D eigenvalue weighted by Crippen LogP contribution is 2.24. The summed E-state index contributed by atoms with van der Waals surface area (Å²) in [4.78, 5) is 0. The smallest absolute Gasteiger partial charge is 0.0766 e. The van der Waals surface area contributed by atoms with E-state index in [1.54, 1.807) is 0 Å². The van der Waals surface area contributed by atoms with Crippen LogP contribution in [0.3, 0.4) is 0 Å². The van der Waals surface area contributed by atoms with Crippen molar-refractivity contribution in [1.29, 1.82) is 0 Å². The fourth-order valence-electron chi connectivity index (χ4n) is 2.55. The molecule has 0 aliphatic heterocycles. The van der Waals surface area contributed by atoms with Crippen molar-refractivity contribution in [3.8, 4) is 0 Å². The summed E-state index contributed by atoms with van der Waals surface area (Å²) >= 11 is 3.74. The quantitative estimate of drug-likeness (QED) is 0.728. The topological polar surface area (TPSA) is 29.9 Å². The van der Waals surface area contributed by atoms with Gasteiger partial charge in [0, 0.05) is 12.6 Å². The largest absolute Gasteiger partial charge is 0.314 e. The third-order valence-electron chi connectivity index (χ3n) is 3.85. The van der Waals surface area contributed by atoms with Crippen LogP contribution >= 0.6 is 15.9 Å². The minimum atomic E-state index is 0.590. The normalized spacial score (nSPS) is 13.2. The van der Waals surface area contributed by atoms with Gasteiger partial charge in [-0.1, -0.05) is 27.7 Å². The molecule has 1 heterocycles. The van der Waals surface area contributed by atoms with Crippen LogP contribution in [0.4, 0.5) is 0 Å². The van der Waals surface area contributed by atoms with Crippen molar-refractivity contribution in [3.63, 3.8) is 0 Å². The van der Waals surface area contributed by atoms with Crippen LogP contribution in [0.15, 0.2) is 4.47 Å². The van der Waals surface area contributed by atoms with E-state index in [9.17, 15) is 0 Å². The lowest BCUT2D eigenvalue weighted by atomic mass is 9.98. The molecule has 0 saturated heterocycles. The first-order valence-electron chi connectivity index (χ1n) is 8.02. The van der Waals surface area contributed by atoms with E-state index in [1.165, 1.54) is 28.7 Å². The van der Waals surface area contributed by atoms with Crippen LogP contribution in [0.1, 0.15) is 58.8 Å². The number of hydrogen-bond acceptors (Lipinski definition) is 2. The molecule has 1 rings (SSSR count). The van der Waals surface area contributed by atoms with E-state index >= 15 is 0 Å². The van der Waals surface area contributed by atoms with E-state index in [0.29, 0.717) is 12.0 Å². The fraction of sp³-hybridized carbons (Fsp3) is 0.812. The first kappa shape index (κ1) is 17.7. The van der Waals surface area contributed by atoms with Crippen LogP contribution in [0.5, 0.6) is 0 Å². The molecule has 0 aliphatic rings. The van der Waals surface area contributed by atoms with Gasteiger partial charge in [-0.2, -0.15) is 5.10 Å². The molecule has 0 fully saturated rings. The summed E-state index contributed by atoms with van der Waals surface area (Å²) in [5, 5.41) is 8.35. The van der Waals surface area contributed by atoms with Crippen LogP contribution in [0.2, 0.25) is 0 Å². The zero-order valence-corrected chi connectivity index (χ0v) is 15.3. The average Bonchev–Trinajstić information content (AvgIpc) is 2.74. The lowest BCUT2D eigenvalue weighted by Crippen LogP contribution is -2.35. The maximum Gasteiger partial charge on any atom is 0.0766 e. The number of nitrogens with zero attached hydrogens (tertiary/aromatic N) is 2. The van der Waals surface area contributed by atoms with Crippen LogP contribution in [-0.4, -0.2) is 22.4 Å². The first-order valence-corrected chi connectivity index (χ1v) is 8.81. The molecular formula is C16H30BrN3. The Labute approximate surface area is 132 Å². The Hall–Kier alpha value is -0.350. The van der Waals surface area contributed by atoms with Crippen molar-refractivity contribution in [1.82, 2.24) is 15.1 Å². The SMILES string of the molecule is CCCNC(CCc1c(Br)c(CC)nn1CC)C(C)C. The van der Waals surface area contributed by atoms with Gasteiger partial charge in [-0.15, -0.1) is 0 Å². The molecule has 0 radical (unpaired) electrons. The standard InChI is InChI=1S/C16H30BrN3/c1-6-11-18-14(12(4)5)9-10-15-16(17)13(7-2)19-20(15)8-3/h12,14,18H,6-11H2,1-5H3. The summed E-state index contributed by atoms with van der Waals surface area (Å²) in [6, 6.07) is 0.590. The molecule has 0 spiro atoms. The molecule has 1 N–H and O–H groups in total. The lowest BCUT2D eigenvalue weighted by Gasteiger charge is -2.22. The minimum Gasteiger partial charge on any atom is -0.314 e. The molecule has 0 bridgehead atoms. The van der Waals surface area contributed by atoms with Crippen molar-refractivity contribution < 1.29 is 0 Å². The van der Waals surface area contributed by atoms with Crippen molar-refractivity contribution >= 4 is 15.9 Å². The Morgan fingerprint density at radius 2 is 1.95 bits per heavy atom. The van der Waals surface area contributed by atoms with E-state index in [1.807, 2.05) is 0 Å². The molecule has 1 atom stereocenters. The third-order valence-corrected chi connectivity index (χ3v) is 4.76. The molecule has 0 amide bonds. The molecular weight excluding hydrogens is 314 g/mol. The predicted octanol–water partition coefficient (Wildman–Crippen LogP) is 4.18. The van der Waals surface area contributed by atoms with Gasteiger partial charge in [0.1, 0.15) is 0 Å². The van der Waals surface area contributed by atoms with Crippen LogP contribution in [-0.2, 0) is 19.4 Å². The lowest BCUT2D eigenvalue weighted by molar-refractivity contribution is 0.374. The van der Waals surface area contributed by atoms with Gasteiger partial charge in [0.05, 0.1) is 15.9 Å². The Bertz CT molecular complexity index is 399. The van der Waals surface area contributed by atoms with Crippen LogP contribution in [0.25, 0.3) is 0 Å². The molecule has 0 aliphatic carbocycles. The van der Waals surface area contributed by atoms with E-state index in [0.717, 1.165) is 25.9 Å². The van der Waals surface area contributed by atoms with Gasteiger partial charge < -0.3 is 5.32 Å². The van der Waals surface area contributed by atoms with E-state index < -0.39 is 0 Å². The van der Waals surface area contributed by atoms with Crippen molar-refractivity contribution in [2.24, 2.45) is 5.92 Å².